The molecule has 94 valence electrons. The number of rotatable bonds is 3. The van der Waals surface area contributed by atoms with Gasteiger partial charge in [0.25, 0.3) is 0 Å². The summed E-state index contributed by atoms with van der Waals surface area (Å²) < 4.78 is 22.9. The van der Waals surface area contributed by atoms with Gasteiger partial charge in [-0.1, -0.05) is 0 Å². The molecule has 0 saturated carbocycles. The maximum atomic E-state index is 11.4. The SMILES string of the molecule is CS(=O)(=O)C1CCN(CC2CCNCC2)C1. The quantitative estimate of drug-likeness (QED) is 0.767. The van der Waals surface area contributed by atoms with E-state index in [9.17, 15) is 8.42 Å². The van der Waals surface area contributed by atoms with E-state index in [1.54, 1.807) is 0 Å². The summed E-state index contributed by atoms with van der Waals surface area (Å²) in [6.45, 7) is 5.04. The highest BCUT2D eigenvalue weighted by Crippen LogP contribution is 2.20. The Morgan fingerprint density at radius 3 is 2.50 bits per heavy atom. The fourth-order valence-corrected chi connectivity index (χ4v) is 3.76. The topological polar surface area (TPSA) is 49.4 Å². The third-order valence-electron chi connectivity index (χ3n) is 3.81. The van der Waals surface area contributed by atoms with Crippen molar-refractivity contribution in [3.8, 4) is 0 Å². The normalized spacial score (nSPS) is 29.7. The molecule has 2 saturated heterocycles. The first-order valence-electron chi connectivity index (χ1n) is 6.17. The zero-order chi connectivity index (χ0) is 11.6. The molecule has 0 aliphatic carbocycles. The molecule has 0 aromatic heterocycles. The van der Waals surface area contributed by atoms with Crippen LogP contribution in [0.15, 0.2) is 0 Å². The van der Waals surface area contributed by atoms with Crippen LogP contribution < -0.4 is 5.32 Å². The minimum Gasteiger partial charge on any atom is -0.317 e. The molecule has 2 heterocycles. The Labute approximate surface area is 98.3 Å². The van der Waals surface area contributed by atoms with Gasteiger partial charge >= 0.3 is 0 Å². The first-order valence-corrected chi connectivity index (χ1v) is 8.13. The molecule has 0 amide bonds. The van der Waals surface area contributed by atoms with E-state index >= 15 is 0 Å². The van der Waals surface area contributed by atoms with Crippen molar-refractivity contribution in [1.82, 2.24) is 10.2 Å². The van der Waals surface area contributed by atoms with Gasteiger partial charge in [0.15, 0.2) is 9.84 Å². The molecule has 0 aromatic carbocycles. The third kappa shape index (κ3) is 3.18. The lowest BCUT2D eigenvalue weighted by Crippen LogP contribution is -2.36. The molecule has 2 aliphatic rings. The minimum absolute atomic E-state index is 0.116. The molecular formula is C11H22N2O2S. The van der Waals surface area contributed by atoms with E-state index in [1.807, 2.05) is 0 Å². The molecular weight excluding hydrogens is 224 g/mol. The van der Waals surface area contributed by atoms with Crippen molar-refractivity contribution in [2.24, 2.45) is 5.92 Å². The second-order valence-electron chi connectivity index (χ2n) is 5.19. The summed E-state index contributed by atoms with van der Waals surface area (Å²) in [7, 11) is -2.83. The molecule has 0 spiro atoms. The lowest BCUT2D eigenvalue weighted by molar-refractivity contribution is 0.241. The molecule has 5 heteroatoms. The van der Waals surface area contributed by atoms with Crippen LogP contribution in [0.1, 0.15) is 19.3 Å². The highest BCUT2D eigenvalue weighted by Gasteiger charge is 2.31. The Morgan fingerprint density at radius 2 is 1.94 bits per heavy atom. The van der Waals surface area contributed by atoms with Gasteiger partial charge < -0.3 is 10.2 Å². The van der Waals surface area contributed by atoms with Crippen molar-refractivity contribution in [2.45, 2.75) is 24.5 Å². The number of likely N-dealkylation sites (tertiary alicyclic amines) is 1. The van der Waals surface area contributed by atoms with Crippen LogP contribution in [-0.2, 0) is 9.84 Å². The largest absolute Gasteiger partial charge is 0.317 e. The molecule has 0 bridgehead atoms. The lowest BCUT2D eigenvalue weighted by Gasteiger charge is -2.27. The number of piperidine rings is 1. The summed E-state index contributed by atoms with van der Waals surface area (Å²) in [6.07, 6.45) is 4.66. The summed E-state index contributed by atoms with van der Waals surface area (Å²) in [5.74, 6) is 0.763. The van der Waals surface area contributed by atoms with Gasteiger partial charge in [-0.2, -0.15) is 0 Å². The maximum Gasteiger partial charge on any atom is 0.151 e. The van der Waals surface area contributed by atoms with Gasteiger partial charge in [0.05, 0.1) is 5.25 Å². The Morgan fingerprint density at radius 1 is 1.25 bits per heavy atom. The molecule has 1 atom stereocenters. The van der Waals surface area contributed by atoms with Crippen LogP contribution in [-0.4, -0.2) is 57.5 Å². The van der Waals surface area contributed by atoms with Crippen molar-refractivity contribution in [3.63, 3.8) is 0 Å². The van der Waals surface area contributed by atoms with Crippen LogP contribution in [0.3, 0.4) is 0 Å². The monoisotopic (exact) mass is 246 g/mol. The first-order chi connectivity index (χ1) is 7.55. The van der Waals surface area contributed by atoms with Gasteiger partial charge in [-0.25, -0.2) is 8.42 Å². The zero-order valence-electron chi connectivity index (χ0n) is 9.98. The summed E-state index contributed by atoms with van der Waals surface area (Å²) in [5.41, 5.74) is 0. The Kier molecular flexibility index (Phi) is 3.87. The molecule has 1 unspecified atom stereocenters. The number of sulfone groups is 1. The molecule has 0 radical (unpaired) electrons. The van der Waals surface area contributed by atoms with Gasteiger partial charge in [0, 0.05) is 19.3 Å². The third-order valence-corrected chi connectivity index (χ3v) is 5.41. The lowest BCUT2D eigenvalue weighted by atomic mass is 9.98. The molecule has 4 nitrogen and oxygen atoms in total. The van der Waals surface area contributed by atoms with Crippen molar-refractivity contribution >= 4 is 9.84 Å². The number of hydrogen-bond donors (Lipinski definition) is 1. The predicted molar refractivity (Wildman–Crippen MR) is 65.3 cm³/mol. The Balaban J connectivity index is 1.80. The van der Waals surface area contributed by atoms with E-state index in [2.05, 4.69) is 10.2 Å². The maximum absolute atomic E-state index is 11.4. The second kappa shape index (κ2) is 5.02. The van der Waals surface area contributed by atoms with Crippen LogP contribution in [0.4, 0.5) is 0 Å². The first kappa shape index (κ1) is 12.3. The van der Waals surface area contributed by atoms with Gasteiger partial charge in [-0.05, 0) is 44.8 Å². The molecule has 1 N–H and O–H groups in total. The van der Waals surface area contributed by atoms with Crippen LogP contribution in [0.5, 0.6) is 0 Å². The summed E-state index contributed by atoms with van der Waals surface area (Å²) in [5, 5.41) is 3.24. The van der Waals surface area contributed by atoms with E-state index < -0.39 is 9.84 Å². The van der Waals surface area contributed by atoms with Crippen molar-refractivity contribution in [1.29, 1.82) is 0 Å². The van der Waals surface area contributed by atoms with Crippen molar-refractivity contribution in [3.05, 3.63) is 0 Å². The summed E-state index contributed by atoms with van der Waals surface area (Å²) >= 11 is 0. The zero-order valence-corrected chi connectivity index (χ0v) is 10.8. The van der Waals surface area contributed by atoms with Gasteiger partial charge in [0.2, 0.25) is 0 Å². The Bertz CT molecular complexity index is 323. The number of nitrogens with one attached hydrogen (secondary N) is 1. The molecule has 0 aromatic rings. The van der Waals surface area contributed by atoms with Crippen LogP contribution in [0.25, 0.3) is 0 Å². The van der Waals surface area contributed by atoms with Crippen LogP contribution in [0.2, 0.25) is 0 Å². The van der Waals surface area contributed by atoms with Crippen molar-refractivity contribution < 1.29 is 8.42 Å². The highest BCUT2D eigenvalue weighted by molar-refractivity contribution is 7.91. The van der Waals surface area contributed by atoms with E-state index in [1.165, 1.54) is 19.1 Å². The predicted octanol–water partition coefficient (Wildman–Crippen LogP) is 0.105. The molecule has 16 heavy (non-hydrogen) atoms. The fourth-order valence-electron chi connectivity index (χ4n) is 2.74. The molecule has 2 fully saturated rings. The number of hydrogen-bond acceptors (Lipinski definition) is 4. The van der Waals surface area contributed by atoms with E-state index in [0.29, 0.717) is 0 Å². The standard InChI is InChI=1S/C11H22N2O2S/c1-16(14,15)11-4-7-13(9-11)8-10-2-5-12-6-3-10/h10-12H,2-9H2,1H3. The van der Waals surface area contributed by atoms with E-state index in [0.717, 1.165) is 45.1 Å². The molecule has 2 rings (SSSR count). The second-order valence-corrected chi connectivity index (χ2v) is 7.52. The van der Waals surface area contributed by atoms with Crippen LogP contribution >= 0.6 is 0 Å². The average Bonchev–Trinajstić information content (AvgIpc) is 2.67. The van der Waals surface area contributed by atoms with Gasteiger partial charge in [0.1, 0.15) is 0 Å². The summed E-state index contributed by atoms with van der Waals surface area (Å²) in [4.78, 5) is 2.34. The summed E-state index contributed by atoms with van der Waals surface area (Å²) in [6, 6.07) is 0. The minimum atomic E-state index is -2.83. The average molecular weight is 246 g/mol. The fraction of sp³-hybridized carbons (Fsp3) is 1.00. The van der Waals surface area contributed by atoms with E-state index in [4.69, 9.17) is 0 Å². The smallest absolute Gasteiger partial charge is 0.151 e. The molecule has 2 aliphatic heterocycles. The van der Waals surface area contributed by atoms with Gasteiger partial charge in [-0.15, -0.1) is 0 Å². The number of nitrogens with zero attached hydrogens (tertiary/aromatic N) is 1. The van der Waals surface area contributed by atoms with Crippen LogP contribution in [0, 0.1) is 5.92 Å². The van der Waals surface area contributed by atoms with Crippen molar-refractivity contribution in [2.75, 3.05) is 39.0 Å². The van der Waals surface area contributed by atoms with Gasteiger partial charge in [-0.3, -0.25) is 0 Å². The van der Waals surface area contributed by atoms with E-state index in [-0.39, 0.29) is 5.25 Å². The highest BCUT2D eigenvalue weighted by atomic mass is 32.2. The Hall–Kier alpha value is -0.130.